The quantitative estimate of drug-likeness (QED) is 0.143. The van der Waals surface area contributed by atoms with E-state index in [1.165, 1.54) is 17.4 Å². The number of hydrogen-bond donors (Lipinski definition) is 2. The first kappa shape index (κ1) is 36.6. The number of aromatic carboxylic acids is 1. The van der Waals surface area contributed by atoms with Crippen molar-refractivity contribution in [2.24, 2.45) is 0 Å². The minimum absolute atomic E-state index is 0.0467. The van der Waals surface area contributed by atoms with E-state index in [1.807, 2.05) is 27.7 Å². The van der Waals surface area contributed by atoms with Crippen LogP contribution in [0.15, 0.2) is 41.8 Å². The van der Waals surface area contributed by atoms with E-state index in [2.05, 4.69) is 10.3 Å². The summed E-state index contributed by atoms with van der Waals surface area (Å²) in [7, 11) is -3.26. The average Bonchev–Trinajstić information content (AvgIpc) is 3.41. The molecule has 0 spiro atoms. The third-order valence-electron chi connectivity index (χ3n) is 5.38. The Morgan fingerprint density at radius 1 is 0.773 bits per heavy atom. The minimum atomic E-state index is -3.26. The molecular formula is C30H41N2O10PS. The Balaban J connectivity index is 0.000000378. The van der Waals surface area contributed by atoms with Crippen LogP contribution in [0.5, 0.6) is 23.0 Å². The van der Waals surface area contributed by atoms with Crippen molar-refractivity contribution in [1.82, 2.24) is 4.98 Å². The molecule has 0 aliphatic heterocycles. The van der Waals surface area contributed by atoms with Crippen LogP contribution >= 0.6 is 18.9 Å². The molecule has 0 aliphatic carbocycles. The van der Waals surface area contributed by atoms with E-state index in [-0.39, 0.29) is 30.8 Å². The smallest absolute Gasteiger partial charge is 0.339 e. The molecule has 2 N–H and O–H groups in total. The van der Waals surface area contributed by atoms with Gasteiger partial charge in [-0.15, -0.1) is 11.3 Å². The molecule has 1 amide bonds. The summed E-state index contributed by atoms with van der Waals surface area (Å²) in [6.45, 7) is 13.3. The summed E-state index contributed by atoms with van der Waals surface area (Å²) >= 11 is 1.24. The van der Waals surface area contributed by atoms with Gasteiger partial charge in [-0.1, -0.05) is 0 Å². The van der Waals surface area contributed by atoms with Gasteiger partial charge >= 0.3 is 13.6 Å². The maximum absolute atomic E-state index is 12.8. The zero-order valence-corrected chi connectivity index (χ0v) is 27.6. The first-order chi connectivity index (χ1) is 21.1. The van der Waals surface area contributed by atoms with Gasteiger partial charge in [0.15, 0.2) is 5.13 Å². The van der Waals surface area contributed by atoms with Gasteiger partial charge in [0.25, 0.3) is 5.91 Å². The lowest BCUT2D eigenvalue weighted by Gasteiger charge is -2.15. The van der Waals surface area contributed by atoms with E-state index < -0.39 is 13.6 Å². The summed E-state index contributed by atoms with van der Waals surface area (Å²) in [4.78, 5) is 28.0. The van der Waals surface area contributed by atoms with Gasteiger partial charge in [0.05, 0.1) is 57.1 Å². The standard InChI is InChI=1S/C19H27N2O6PS.C11H14O4/c1-5-24-15-9-10-17(25-6-2)16(11-15)18(22)21-19-20-14(13-29-19)12-28(23,26-7-3)27-8-4;1-3-14-8-5-6-10(15-4-2)9(7-8)11(12)13/h9-11,13H,5-8,12H2,1-4H3,(H,20,21,22);5-7H,3-4H2,1-2H3,(H,12,13). The zero-order valence-electron chi connectivity index (χ0n) is 25.9. The predicted octanol–water partition coefficient (Wildman–Crippen LogP) is 7.14. The van der Waals surface area contributed by atoms with Crippen LogP contribution in [0, 0.1) is 0 Å². The first-order valence-electron chi connectivity index (χ1n) is 14.3. The fourth-order valence-corrected chi connectivity index (χ4v) is 6.19. The van der Waals surface area contributed by atoms with Crippen molar-refractivity contribution >= 4 is 35.9 Å². The molecule has 0 bridgehead atoms. The van der Waals surface area contributed by atoms with Gasteiger partial charge in [0.2, 0.25) is 0 Å². The number of carbonyl (C=O) groups excluding carboxylic acids is 1. The molecule has 0 aliphatic rings. The topological polar surface area (TPSA) is 152 Å². The number of nitrogens with one attached hydrogen (secondary N) is 1. The molecule has 242 valence electrons. The Kier molecular flexibility index (Phi) is 15.7. The van der Waals surface area contributed by atoms with Crippen molar-refractivity contribution in [2.45, 2.75) is 47.7 Å². The molecule has 1 heterocycles. The van der Waals surface area contributed by atoms with E-state index in [9.17, 15) is 14.2 Å². The van der Waals surface area contributed by atoms with Gasteiger partial charge in [-0.05, 0) is 77.9 Å². The molecular weight excluding hydrogens is 611 g/mol. The molecule has 3 aromatic rings. The number of benzene rings is 2. The Hall–Kier alpha value is -3.64. The molecule has 0 fully saturated rings. The molecule has 0 atom stereocenters. The number of nitrogens with zero attached hydrogens (tertiary/aromatic N) is 1. The third-order valence-corrected chi connectivity index (χ3v) is 8.20. The van der Waals surface area contributed by atoms with Crippen LogP contribution in [0.1, 0.15) is 68.0 Å². The summed E-state index contributed by atoms with van der Waals surface area (Å²) in [5.41, 5.74) is 1.01. The van der Waals surface area contributed by atoms with Crippen LogP contribution in [0.2, 0.25) is 0 Å². The number of aromatic nitrogens is 1. The Morgan fingerprint density at radius 3 is 1.75 bits per heavy atom. The predicted molar refractivity (Wildman–Crippen MR) is 169 cm³/mol. The van der Waals surface area contributed by atoms with Gasteiger partial charge < -0.3 is 33.1 Å². The number of rotatable bonds is 17. The zero-order chi connectivity index (χ0) is 32.5. The van der Waals surface area contributed by atoms with Crippen LogP contribution < -0.4 is 24.3 Å². The SMILES string of the molecule is CCOc1ccc(OCC)c(C(=O)Nc2nc(CP(=O)(OCC)OCC)cs2)c1.CCOc1ccc(OCC)c(C(=O)O)c1. The number of amides is 1. The van der Waals surface area contributed by atoms with Gasteiger partial charge in [-0.25, -0.2) is 9.78 Å². The summed E-state index contributed by atoms with van der Waals surface area (Å²) in [6, 6.07) is 9.87. The number of ether oxygens (including phenoxy) is 4. The van der Waals surface area contributed by atoms with E-state index in [4.69, 9.17) is 33.1 Å². The lowest BCUT2D eigenvalue weighted by atomic mass is 10.1. The van der Waals surface area contributed by atoms with Crippen molar-refractivity contribution < 1.29 is 47.3 Å². The number of carboxylic acids is 1. The first-order valence-corrected chi connectivity index (χ1v) is 16.9. The monoisotopic (exact) mass is 652 g/mol. The second-order valence-electron chi connectivity index (χ2n) is 8.56. The van der Waals surface area contributed by atoms with Gasteiger partial charge in [0.1, 0.15) is 28.6 Å². The molecule has 0 unspecified atom stereocenters. The largest absolute Gasteiger partial charge is 0.494 e. The fourth-order valence-electron chi connectivity index (χ4n) is 3.76. The number of thiazole rings is 1. The van der Waals surface area contributed by atoms with E-state index >= 15 is 0 Å². The number of anilines is 1. The second-order valence-corrected chi connectivity index (χ2v) is 11.5. The van der Waals surface area contributed by atoms with Crippen LogP contribution in [-0.2, 0) is 19.8 Å². The highest BCUT2D eigenvalue weighted by molar-refractivity contribution is 7.53. The maximum Gasteiger partial charge on any atom is 0.339 e. The van der Waals surface area contributed by atoms with Crippen LogP contribution in [0.25, 0.3) is 0 Å². The summed E-state index contributed by atoms with van der Waals surface area (Å²) in [5, 5.41) is 13.8. The number of carbonyl (C=O) groups is 2. The Morgan fingerprint density at radius 2 is 1.27 bits per heavy atom. The van der Waals surface area contributed by atoms with E-state index in [1.54, 1.807) is 49.6 Å². The van der Waals surface area contributed by atoms with Crippen LogP contribution in [0.3, 0.4) is 0 Å². The average molecular weight is 653 g/mol. The molecule has 14 heteroatoms. The maximum atomic E-state index is 12.8. The molecule has 0 saturated heterocycles. The van der Waals surface area contributed by atoms with Crippen molar-refractivity contribution in [3.8, 4) is 23.0 Å². The van der Waals surface area contributed by atoms with Gasteiger partial charge in [-0.2, -0.15) is 0 Å². The van der Waals surface area contributed by atoms with Crippen molar-refractivity contribution in [3.05, 3.63) is 58.6 Å². The molecule has 44 heavy (non-hydrogen) atoms. The third kappa shape index (κ3) is 11.5. The van der Waals surface area contributed by atoms with Crippen molar-refractivity contribution in [2.75, 3.05) is 45.0 Å². The highest BCUT2D eigenvalue weighted by atomic mass is 32.1. The summed E-state index contributed by atoms with van der Waals surface area (Å²) < 4.78 is 44.7. The van der Waals surface area contributed by atoms with Crippen molar-refractivity contribution in [1.29, 1.82) is 0 Å². The molecule has 3 rings (SSSR count). The highest BCUT2D eigenvalue weighted by Gasteiger charge is 2.26. The lowest BCUT2D eigenvalue weighted by Crippen LogP contribution is -2.14. The lowest BCUT2D eigenvalue weighted by molar-refractivity contribution is 0.0691. The number of hydrogen-bond acceptors (Lipinski definition) is 11. The van der Waals surface area contributed by atoms with Gasteiger partial charge in [0, 0.05) is 5.38 Å². The summed E-state index contributed by atoms with van der Waals surface area (Å²) in [5.74, 6) is 0.568. The second kappa shape index (κ2) is 18.9. The molecule has 12 nitrogen and oxygen atoms in total. The van der Waals surface area contributed by atoms with Crippen LogP contribution in [-0.4, -0.2) is 61.6 Å². The normalized spacial score (nSPS) is 10.8. The molecule has 1 aromatic heterocycles. The summed E-state index contributed by atoms with van der Waals surface area (Å²) in [6.07, 6.45) is 0.0467. The number of carboxylic acid groups (broad SMARTS) is 1. The van der Waals surface area contributed by atoms with Gasteiger partial charge in [-0.3, -0.25) is 14.7 Å². The fraction of sp³-hybridized carbons (Fsp3) is 0.433. The van der Waals surface area contributed by atoms with Crippen molar-refractivity contribution in [3.63, 3.8) is 0 Å². The highest BCUT2D eigenvalue weighted by Crippen LogP contribution is 2.51. The minimum Gasteiger partial charge on any atom is -0.494 e. The molecule has 0 saturated carbocycles. The molecule has 0 radical (unpaired) electrons. The van der Waals surface area contributed by atoms with E-state index in [0.717, 1.165) is 0 Å². The van der Waals surface area contributed by atoms with E-state index in [0.29, 0.717) is 65.8 Å². The molecule has 2 aromatic carbocycles. The van der Waals surface area contributed by atoms with Crippen LogP contribution in [0.4, 0.5) is 5.13 Å². The Labute approximate surface area is 262 Å². The Bertz CT molecular complexity index is 1390.